The highest BCUT2D eigenvalue weighted by atomic mass is 19.1. The summed E-state index contributed by atoms with van der Waals surface area (Å²) in [5.74, 6) is -0.501. The van der Waals surface area contributed by atoms with E-state index in [9.17, 15) is 24.4 Å². The van der Waals surface area contributed by atoms with Gasteiger partial charge in [0, 0.05) is 54.3 Å². The van der Waals surface area contributed by atoms with Gasteiger partial charge in [-0.15, -0.1) is 0 Å². The molecule has 0 spiro atoms. The number of carbonyl (C=O) groups excluding carboxylic acids is 1. The smallest absolute Gasteiger partial charge is 0.407 e. The molecule has 1 aliphatic heterocycles. The Morgan fingerprint density at radius 3 is 2.87 bits per heavy atom. The van der Waals surface area contributed by atoms with Gasteiger partial charge in [0.2, 0.25) is 0 Å². The largest absolute Gasteiger partial charge is 0.445 e. The minimum atomic E-state index is -0.720. The van der Waals surface area contributed by atoms with Crippen LogP contribution in [0.3, 0.4) is 0 Å². The molecule has 9 nitrogen and oxygen atoms in total. The Balaban J connectivity index is 1.48. The van der Waals surface area contributed by atoms with E-state index in [0.717, 1.165) is 42.4 Å². The van der Waals surface area contributed by atoms with Crippen LogP contribution < -0.4 is 16.0 Å². The van der Waals surface area contributed by atoms with E-state index >= 15 is 0 Å². The van der Waals surface area contributed by atoms with Crippen molar-refractivity contribution in [2.24, 2.45) is 5.92 Å². The molecule has 10 heteroatoms. The first kappa shape index (κ1) is 21.3. The third kappa shape index (κ3) is 5.15. The van der Waals surface area contributed by atoms with Gasteiger partial charge in [-0.05, 0) is 36.6 Å². The van der Waals surface area contributed by atoms with Crippen LogP contribution >= 0.6 is 0 Å². The fourth-order valence-corrected chi connectivity index (χ4v) is 3.47. The topological polar surface area (TPSA) is 131 Å². The van der Waals surface area contributed by atoms with Gasteiger partial charge in [0.15, 0.2) is 0 Å². The molecule has 0 bridgehead atoms. The molecule has 0 saturated carbocycles. The number of amides is 1. The summed E-state index contributed by atoms with van der Waals surface area (Å²) < 4.78 is 18.7. The Bertz CT molecular complexity index is 939. The highest BCUT2D eigenvalue weighted by Gasteiger charge is 2.25. The molecule has 1 unspecified atom stereocenters. The lowest BCUT2D eigenvalue weighted by Gasteiger charge is -2.22. The molecule has 1 heterocycles. The molecule has 160 valence electrons. The second-order valence-electron chi connectivity index (χ2n) is 7.14. The molecule has 0 aromatic heterocycles. The lowest BCUT2D eigenvalue weighted by molar-refractivity contribution is -0.385. The van der Waals surface area contributed by atoms with Gasteiger partial charge in [0.1, 0.15) is 12.4 Å². The second kappa shape index (κ2) is 9.40. The second-order valence-corrected chi connectivity index (χ2v) is 7.14. The molecule has 0 radical (unpaired) electrons. The Morgan fingerprint density at radius 2 is 2.13 bits per heavy atom. The van der Waals surface area contributed by atoms with Gasteiger partial charge < -0.3 is 25.8 Å². The van der Waals surface area contributed by atoms with Crippen LogP contribution in [-0.4, -0.2) is 35.8 Å². The van der Waals surface area contributed by atoms with Gasteiger partial charge in [-0.25, -0.2) is 9.18 Å². The monoisotopic (exact) mass is 418 g/mol. The van der Waals surface area contributed by atoms with Crippen molar-refractivity contribution < 1.29 is 24.0 Å². The molecule has 1 saturated heterocycles. The maximum absolute atomic E-state index is 13.7. The first-order chi connectivity index (χ1) is 14.4. The molecular formula is C20H23FN4O5. The van der Waals surface area contributed by atoms with E-state index in [-0.39, 0.29) is 23.8 Å². The predicted molar refractivity (Wildman–Crippen MR) is 108 cm³/mol. The number of nitrogens with zero attached hydrogens (tertiary/aromatic N) is 2. The van der Waals surface area contributed by atoms with Crippen molar-refractivity contribution in [3.05, 3.63) is 63.5 Å². The number of hydrogen-bond acceptors (Lipinski definition) is 7. The van der Waals surface area contributed by atoms with Crippen LogP contribution in [-0.2, 0) is 18.0 Å². The number of nitrogens with two attached hydrogens (primary N) is 1. The minimum absolute atomic E-state index is 0.0636. The number of nitro benzene ring substituents is 1. The summed E-state index contributed by atoms with van der Waals surface area (Å²) in [6.45, 7) is 1.33. The van der Waals surface area contributed by atoms with E-state index in [0.29, 0.717) is 18.8 Å². The van der Waals surface area contributed by atoms with Crippen molar-refractivity contribution >= 4 is 23.2 Å². The van der Waals surface area contributed by atoms with Crippen LogP contribution in [0, 0.1) is 21.8 Å². The number of rotatable bonds is 7. The highest BCUT2D eigenvalue weighted by Crippen LogP contribution is 2.28. The average Bonchev–Trinajstić information content (AvgIpc) is 3.20. The summed E-state index contributed by atoms with van der Waals surface area (Å²) in [5.41, 5.74) is 7.68. The Labute approximate surface area is 172 Å². The van der Waals surface area contributed by atoms with Gasteiger partial charge in [-0.2, -0.15) is 0 Å². The lowest BCUT2D eigenvalue weighted by Crippen LogP contribution is -2.31. The van der Waals surface area contributed by atoms with Crippen LogP contribution in [0.15, 0.2) is 36.4 Å². The highest BCUT2D eigenvalue weighted by molar-refractivity contribution is 5.67. The number of halogens is 1. The summed E-state index contributed by atoms with van der Waals surface area (Å²) in [6, 6.07) is 8.46. The number of alkyl carbamates (subject to hydrolysis) is 1. The van der Waals surface area contributed by atoms with E-state index in [2.05, 4.69) is 10.2 Å². The maximum atomic E-state index is 13.7. The molecule has 2 aromatic carbocycles. The summed E-state index contributed by atoms with van der Waals surface area (Å²) in [5, 5.41) is 23.0. The zero-order valence-corrected chi connectivity index (χ0v) is 16.2. The van der Waals surface area contributed by atoms with Crippen LogP contribution in [0.4, 0.5) is 26.2 Å². The van der Waals surface area contributed by atoms with Gasteiger partial charge in [0.05, 0.1) is 11.5 Å². The van der Waals surface area contributed by atoms with Crippen LogP contribution in [0.2, 0.25) is 0 Å². The van der Waals surface area contributed by atoms with E-state index < -0.39 is 23.4 Å². The molecule has 1 atom stereocenters. The molecule has 30 heavy (non-hydrogen) atoms. The summed E-state index contributed by atoms with van der Waals surface area (Å²) in [4.78, 5) is 24.2. The number of benzene rings is 2. The molecule has 1 amide bonds. The first-order valence-corrected chi connectivity index (χ1v) is 9.45. The Morgan fingerprint density at radius 1 is 1.33 bits per heavy atom. The number of aliphatic hydroxyl groups is 1. The zero-order valence-electron chi connectivity index (χ0n) is 16.2. The molecule has 0 aliphatic carbocycles. The van der Waals surface area contributed by atoms with Gasteiger partial charge in [-0.3, -0.25) is 10.1 Å². The summed E-state index contributed by atoms with van der Waals surface area (Å²) in [6.07, 6.45) is 0.123. The Kier molecular flexibility index (Phi) is 6.68. The summed E-state index contributed by atoms with van der Waals surface area (Å²) >= 11 is 0. The van der Waals surface area contributed by atoms with Crippen LogP contribution in [0.1, 0.15) is 17.5 Å². The fraction of sp³-hybridized carbons (Fsp3) is 0.350. The van der Waals surface area contributed by atoms with Crippen molar-refractivity contribution in [2.45, 2.75) is 19.6 Å². The molecular weight excluding hydrogens is 395 g/mol. The first-order valence-electron chi connectivity index (χ1n) is 9.45. The molecule has 1 fully saturated rings. The number of carbonyl (C=O) groups is 1. The summed E-state index contributed by atoms with van der Waals surface area (Å²) in [7, 11) is 0. The maximum Gasteiger partial charge on any atom is 0.407 e. The third-order valence-electron chi connectivity index (χ3n) is 5.03. The van der Waals surface area contributed by atoms with E-state index in [4.69, 9.17) is 10.5 Å². The van der Waals surface area contributed by atoms with Gasteiger partial charge in [-0.1, -0.05) is 0 Å². The quantitative estimate of drug-likeness (QED) is 0.358. The van der Waals surface area contributed by atoms with Crippen LogP contribution in [0.25, 0.3) is 0 Å². The number of nitro groups is 1. The fourth-order valence-electron chi connectivity index (χ4n) is 3.47. The van der Waals surface area contributed by atoms with E-state index in [1.54, 1.807) is 12.1 Å². The number of nitrogens with one attached hydrogen (secondary N) is 1. The van der Waals surface area contributed by atoms with Crippen molar-refractivity contribution in [2.75, 3.05) is 30.3 Å². The normalized spacial score (nSPS) is 15.8. The van der Waals surface area contributed by atoms with Crippen molar-refractivity contribution in [1.82, 2.24) is 5.32 Å². The number of non-ortho nitro benzene ring substituents is 1. The molecule has 1 aliphatic rings. The van der Waals surface area contributed by atoms with E-state index in [1.165, 1.54) is 0 Å². The number of nitrogen functional groups attached to an aromatic ring is 1. The Hall–Kier alpha value is -3.40. The van der Waals surface area contributed by atoms with Gasteiger partial charge in [0.25, 0.3) is 5.69 Å². The molecule has 3 rings (SSSR count). The third-order valence-corrected chi connectivity index (χ3v) is 5.03. The number of aliphatic hydroxyl groups excluding tert-OH is 1. The molecule has 2 aromatic rings. The lowest BCUT2D eigenvalue weighted by atomic mass is 10.1. The van der Waals surface area contributed by atoms with Crippen LogP contribution in [0.5, 0.6) is 0 Å². The predicted octanol–water partition coefficient (Wildman–Crippen LogP) is 2.56. The zero-order chi connectivity index (χ0) is 21.7. The number of anilines is 2. The standard InChI is InChI=1S/C20H23FN4O5/c21-18-3-2-17(25(28)29)8-15(18)12-30-20(27)23-9-13-5-6-24(10-13)19-4-1-16(22)7-14(19)11-26/h1-4,7-8,13,26H,5-6,9-12,22H2,(H,23,27). The SMILES string of the molecule is Nc1ccc(N2CCC(CNC(=O)OCc3cc([N+](=O)[O-])ccc3F)C2)c(CO)c1. The van der Waals surface area contributed by atoms with Gasteiger partial charge >= 0.3 is 6.09 Å². The number of ether oxygens (including phenoxy) is 1. The van der Waals surface area contributed by atoms with Crippen molar-refractivity contribution in [3.63, 3.8) is 0 Å². The molecule has 4 N–H and O–H groups in total. The number of hydrogen-bond donors (Lipinski definition) is 3. The van der Waals surface area contributed by atoms with Crippen molar-refractivity contribution in [1.29, 1.82) is 0 Å². The average molecular weight is 418 g/mol. The van der Waals surface area contributed by atoms with E-state index in [1.807, 2.05) is 6.07 Å². The van der Waals surface area contributed by atoms with Crippen molar-refractivity contribution in [3.8, 4) is 0 Å². The minimum Gasteiger partial charge on any atom is -0.445 e.